The number of aromatic nitrogens is 2. The zero-order valence-electron chi connectivity index (χ0n) is 15.7. The van der Waals surface area contributed by atoms with Gasteiger partial charge in [0.15, 0.2) is 5.96 Å². The first kappa shape index (κ1) is 22.3. The van der Waals surface area contributed by atoms with Gasteiger partial charge in [-0.1, -0.05) is 28.9 Å². The largest absolute Gasteiger partial charge is 0.356 e. The molecule has 148 valence electrons. The molecular formula is C18H25ClIN5OS. The fourth-order valence-corrected chi connectivity index (χ4v) is 4.21. The SMILES string of the molecule is CN=C(NCCc1nc(-c2cccc(Cl)c2)no1)N1CCSC(C)(C)C1.I. The Bertz CT molecular complexity index is 783. The molecule has 0 spiro atoms. The second kappa shape index (κ2) is 9.97. The molecule has 1 aliphatic heterocycles. The lowest BCUT2D eigenvalue weighted by Crippen LogP contribution is -2.51. The Hall–Kier alpha value is -1.000. The van der Waals surface area contributed by atoms with E-state index in [-0.39, 0.29) is 28.7 Å². The maximum atomic E-state index is 6.01. The maximum Gasteiger partial charge on any atom is 0.228 e. The third kappa shape index (κ3) is 6.25. The van der Waals surface area contributed by atoms with Crippen LogP contribution in [0.25, 0.3) is 11.4 Å². The number of benzene rings is 1. The van der Waals surface area contributed by atoms with Crippen molar-refractivity contribution in [2.75, 3.05) is 32.4 Å². The molecule has 1 aliphatic rings. The van der Waals surface area contributed by atoms with Crippen LogP contribution in [0.2, 0.25) is 5.02 Å². The van der Waals surface area contributed by atoms with Gasteiger partial charge in [0.1, 0.15) is 0 Å². The van der Waals surface area contributed by atoms with Gasteiger partial charge in [0.2, 0.25) is 11.7 Å². The van der Waals surface area contributed by atoms with E-state index in [1.54, 1.807) is 0 Å². The summed E-state index contributed by atoms with van der Waals surface area (Å²) in [7, 11) is 1.82. The van der Waals surface area contributed by atoms with Crippen molar-refractivity contribution in [3.05, 3.63) is 35.2 Å². The molecule has 1 saturated heterocycles. The second-order valence-corrected chi connectivity index (χ2v) is 9.01. The first-order valence-electron chi connectivity index (χ1n) is 8.65. The minimum Gasteiger partial charge on any atom is -0.356 e. The molecule has 3 rings (SSSR count). The van der Waals surface area contributed by atoms with Gasteiger partial charge in [-0.2, -0.15) is 16.7 Å². The van der Waals surface area contributed by atoms with Crippen LogP contribution < -0.4 is 5.32 Å². The summed E-state index contributed by atoms with van der Waals surface area (Å²) in [6, 6.07) is 7.43. The highest BCUT2D eigenvalue weighted by Gasteiger charge is 2.28. The van der Waals surface area contributed by atoms with Crippen LogP contribution in [0.5, 0.6) is 0 Å². The summed E-state index contributed by atoms with van der Waals surface area (Å²) in [5, 5.41) is 8.09. The summed E-state index contributed by atoms with van der Waals surface area (Å²) < 4.78 is 5.60. The average molecular weight is 522 g/mol. The van der Waals surface area contributed by atoms with Gasteiger partial charge in [0, 0.05) is 54.2 Å². The highest BCUT2D eigenvalue weighted by atomic mass is 127. The molecule has 1 fully saturated rings. The molecule has 2 heterocycles. The topological polar surface area (TPSA) is 66.5 Å². The normalized spacial score (nSPS) is 16.7. The Morgan fingerprint density at radius 1 is 1.44 bits per heavy atom. The molecule has 0 aliphatic carbocycles. The molecule has 6 nitrogen and oxygen atoms in total. The van der Waals surface area contributed by atoms with Gasteiger partial charge >= 0.3 is 0 Å². The Kier molecular flexibility index (Phi) is 8.23. The first-order valence-corrected chi connectivity index (χ1v) is 10.0. The van der Waals surface area contributed by atoms with Gasteiger partial charge < -0.3 is 14.7 Å². The van der Waals surface area contributed by atoms with Gasteiger partial charge in [-0.25, -0.2) is 0 Å². The first-order chi connectivity index (χ1) is 12.5. The van der Waals surface area contributed by atoms with Gasteiger partial charge in [-0.05, 0) is 26.0 Å². The average Bonchev–Trinajstić information content (AvgIpc) is 3.07. The lowest BCUT2D eigenvalue weighted by Gasteiger charge is -2.39. The number of aliphatic imine (C=N–C) groups is 1. The summed E-state index contributed by atoms with van der Waals surface area (Å²) in [6.45, 7) is 7.22. The minimum atomic E-state index is 0. The molecule has 9 heteroatoms. The molecular weight excluding hydrogens is 497 g/mol. The van der Waals surface area contributed by atoms with E-state index < -0.39 is 0 Å². The van der Waals surface area contributed by atoms with Crippen LogP contribution >= 0.6 is 47.3 Å². The predicted molar refractivity (Wildman–Crippen MR) is 123 cm³/mol. The zero-order valence-corrected chi connectivity index (χ0v) is 19.6. The highest BCUT2D eigenvalue weighted by Crippen LogP contribution is 2.29. The Balaban J connectivity index is 0.00000261. The van der Waals surface area contributed by atoms with Crippen LogP contribution in [-0.4, -0.2) is 58.2 Å². The van der Waals surface area contributed by atoms with E-state index in [1.807, 2.05) is 43.1 Å². The number of hydrogen-bond donors (Lipinski definition) is 1. The number of rotatable bonds is 4. The van der Waals surface area contributed by atoms with Gasteiger partial charge in [0.25, 0.3) is 0 Å². The molecule has 0 atom stereocenters. The van der Waals surface area contributed by atoms with Crippen molar-refractivity contribution in [2.45, 2.75) is 25.0 Å². The number of hydrogen-bond acceptors (Lipinski definition) is 5. The summed E-state index contributed by atoms with van der Waals surface area (Å²) in [5.41, 5.74) is 0.851. The van der Waals surface area contributed by atoms with E-state index >= 15 is 0 Å². The van der Waals surface area contributed by atoms with E-state index in [2.05, 4.69) is 39.2 Å². The molecule has 1 aromatic carbocycles. The summed E-state index contributed by atoms with van der Waals surface area (Å²) in [5.74, 6) is 3.19. The Morgan fingerprint density at radius 2 is 2.26 bits per heavy atom. The van der Waals surface area contributed by atoms with Gasteiger partial charge in [0.05, 0.1) is 0 Å². The highest BCUT2D eigenvalue weighted by molar-refractivity contribution is 14.0. The fraction of sp³-hybridized carbons (Fsp3) is 0.500. The Morgan fingerprint density at radius 3 is 2.96 bits per heavy atom. The van der Waals surface area contributed by atoms with Crippen LogP contribution in [-0.2, 0) is 6.42 Å². The maximum absolute atomic E-state index is 6.01. The molecule has 1 aromatic heterocycles. The molecule has 0 unspecified atom stereocenters. The molecule has 27 heavy (non-hydrogen) atoms. The summed E-state index contributed by atoms with van der Waals surface area (Å²) in [6.07, 6.45) is 0.637. The molecule has 0 radical (unpaired) electrons. The second-order valence-electron chi connectivity index (χ2n) is 6.78. The van der Waals surface area contributed by atoms with Crippen molar-refractivity contribution in [3.8, 4) is 11.4 Å². The van der Waals surface area contributed by atoms with E-state index in [0.29, 0.717) is 29.7 Å². The lowest BCUT2D eigenvalue weighted by molar-refractivity contribution is 0.367. The summed E-state index contributed by atoms with van der Waals surface area (Å²) >= 11 is 8.02. The number of guanidine groups is 1. The third-order valence-electron chi connectivity index (χ3n) is 4.11. The Labute approximate surface area is 186 Å². The minimum absolute atomic E-state index is 0. The number of nitrogens with one attached hydrogen (secondary N) is 1. The predicted octanol–water partition coefficient (Wildman–Crippen LogP) is 3.95. The quantitative estimate of drug-likeness (QED) is 0.373. The monoisotopic (exact) mass is 521 g/mol. The van der Waals surface area contributed by atoms with Crippen molar-refractivity contribution in [1.82, 2.24) is 20.4 Å². The molecule has 0 saturated carbocycles. The van der Waals surface area contributed by atoms with Crippen LogP contribution in [0.4, 0.5) is 0 Å². The summed E-state index contributed by atoms with van der Waals surface area (Å²) in [4.78, 5) is 11.2. The van der Waals surface area contributed by atoms with E-state index in [9.17, 15) is 0 Å². The van der Waals surface area contributed by atoms with Crippen molar-refractivity contribution >= 4 is 53.3 Å². The van der Waals surface area contributed by atoms with Gasteiger partial charge in [-0.3, -0.25) is 4.99 Å². The van der Waals surface area contributed by atoms with Crippen LogP contribution in [0.3, 0.4) is 0 Å². The van der Waals surface area contributed by atoms with Crippen molar-refractivity contribution in [3.63, 3.8) is 0 Å². The number of nitrogens with zero attached hydrogens (tertiary/aromatic N) is 4. The van der Waals surface area contributed by atoms with E-state index in [4.69, 9.17) is 16.1 Å². The van der Waals surface area contributed by atoms with Crippen LogP contribution in [0.15, 0.2) is 33.8 Å². The molecule has 1 N–H and O–H groups in total. The van der Waals surface area contributed by atoms with E-state index in [1.165, 1.54) is 0 Å². The smallest absolute Gasteiger partial charge is 0.228 e. The van der Waals surface area contributed by atoms with Crippen LogP contribution in [0, 0.1) is 0 Å². The standard InChI is InChI=1S/C18H24ClN5OS.HI/c1-18(2)12-24(9-10-26-18)17(20-3)21-8-7-15-22-16(23-25-15)13-5-4-6-14(19)11-13;/h4-6,11H,7-10,12H2,1-3H3,(H,20,21);1H. The zero-order chi connectivity index (χ0) is 18.6. The fourth-order valence-electron chi connectivity index (χ4n) is 2.91. The number of thioether (sulfide) groups is 1. The third-order valence-corrected chi connectivity index (χ3v) is 5.64. The number of halogens is 2. The van der Waals surface area contributed by atoms with Crippen LogP contribution in [0.1, 0.15) is 19.7 Å². The molecule has 2 aromatic rings. The molecule has 0 bridgehead atoms. The van der Waals surface area contributed by atoms with Crippen molar-refractivity contribution in [1.29, 1.82) is 0 Å². The van der Waals surface area contributed by atoms with Crippen molar-refractivity contribution < 1.29 is 4.52 Å². The molecule has 0 amide bonds. The lowest BCUT2D eigenvalue weighted by atomic mass is 10.2. The van der Waals surface area contributed by atoms with E-state index in [0.717, 1.165) is 30.4 Å². The van der Waals surface area contributed by atoms with Crippen molar-refractivity contribution in [2.24, 2.45) is 4.99 Å². The van der Waals surface area contributed by atoms with Gasteiger partial charge in [-0.15, -0.1) is 24.0 Å².